The Bertz CT molecular complexity index is 1200. The molecule has 1 aliphatic heterocycles. The number of aromatic nitrogens is 2. The molecule has 12 heteroatoms. The SMILES string of the molecule is CN(C)c1ccc(CN(C(=O)c2nc(S(C)(=O)=O)ncc2Cl)[C@@H]2CCS(=O)(=O)C2)cc1. The van der Waals surface area contributed by atoms with Gasteiger partial charge in [0.2, 0.25) is 15.0 Å². The largest absolute Gasteiger partial charge is 0.378 e. The molecule has 0 bridgehead atoms. The van der Waals surface area contributed by atoms with Crippen LogP contribution in [0.1, 0.15) is 22.5 Å². The van der Waals surface area contributed by atoms with Crippen molar-refractivity contribution in [3.05, 3.63) is 46.7 Å². The second-order valence-corrected chi connectivity index (χ2v) is 12.2. The molecule has 0 radical (unpaired) electrons. The zero-order valence-corrected chi connectivity index (χ0v) is 19.7. The molecule has 0 N–H and O–H groups in total. The van der Waals surface area contributed by atoms with E-state index in [0.29, 0.717) is 0 Å². The first-order valence-electron chi connectivity index (χ1n) is 9.37. The van der Waals surface area contributed by atoms with Gasteiger partial charge >= 0.3 is 0 Å². The zero-order chi connectivity index (χ0) is 23.0. The van der Waals surface area contributed by atoms with Crippen LogP contribution in [0.3, 0.4) is 0 Å². The maximum absolute atomic E-state index is 13.4. The van der Waals surface area contributed by atoms with E-state index in [0.717, 1.165) is 23.7 Å². The predicted octanol–water partition coefficient (Wildman–Crippen LogP) is 1.43. The van der Waals surface area contributed by atoms with Crippen molar-refractivity contribution < 1.29 is 21.6 Å². The Labute approximate surface area is 186 Å². The van der Waals surface area contributed by atoms with E-state index in [4.69, 9.17) is 11.6 Å². The number of hydrogen-bond donors (Lipinski definition) is 0. The number of sulfone groups is 2. The van der Waals surface area contributed by atoms with Gasteiger partial charge in [-0.15, -0.1) is 0 Å². The lowest BCUT2D eigenvalue weighted by atomic mass is 10.1. The van der Waals surface area contributed by atoms with Crippen LogP contribution in [0, 0.1) is 0 Å². The number of hydrogen-bond acceptors (Lipinski definition) is 8. The van der Waals surface area contributed by atoms with E-state index in [9.17, 15) is 21.6 Å². The van der Waals surface area contributed by atoms with Crippen molar-refractivity contribution in [2.24, 2.45) is 0 Å². The molecule has 1 aromatic heterocycles. The molecule has 1 aliphatic rings. The van der Waals surface area contributed by atoms with Crippen molar-refractivity contribution in [3.63, 3.8) is 0 Å². The van der Waals surface area contributed by atoms with E-state index in [2.05, 4.69) is 9.97 Å². The first-order chi connectivity index (χ1) is 14.4. The molecule has 0 aliphatic carbocycles. The molecule has 1 amide bonds. The number of anilines is 1. The third kappa shape index (κ3) is 5.52. The normalized spacial score (nSPS) is 18.0. The smallest absolute Gasteiger partial charge is 0.274 e. The first kappa shape index (κ1) is 23.4. The van der Waals surface area contributed by atoms with Crippen LogP contribution in [0.5, 0.6) is 0 Å². The number of amides is 1. The highest BCUT2D eigenvalue weighted by molar-refractivity contribution is 7.91. The van der Waals surface area contributed by atoms with Gasteiger partial charge in [-0.25, -0.2) is 26.8 Å². The van der Waals surface area contributed by atoms with Crippen molar-refractivity contribution in [1.29, 1.82) is 0 Å². The Kier molecular flexibility index (Phi) is 6.59. The standard InChI is InChI=1S/C19H23ClN4O5S2/c1-23(2)14-6-4-13(5-7-14)11-24(15-8-9-31(28,29)12-15)18(25)17-16(20)10-21-19(22-17)30(3,26)27/h4-7,10,15H,8-9,11-12H2,1-3H3/t15-/m1/s1. The minimum atomic E-state index is -3.76. The zero-order valence-electron chi connectivity index (χ0n) is 17.3. The fourth-order valence-electron chi connectivity index (χ4n) is 3.30. The number of benzene rings is 1. The van der Waals surface area contributed by atoms with Crippen LogP contribution in [-0.2, 0) is 26.2 Å². The van der Waals surface area contributed by atoms with Crippen LogP contribution < -0.4 is 4.90 Å². The summed E-state index contributed by atoms with van der Waals surface area (Å²) in [6.45, 7) is 0.126. The topological polar surface area (TPSA) is 118 Å². The van der Waals surface area contributed by atoms with Gasteiger partial charge in [0.15, 0.2) is 15.5 Å². The van der Waals surface area contributed by atoms with Crippen molar-refractivity contribution in [3.8, 4) is 0 Å². The highest BCUT2D eigenvalue weighted by Gasteiger charge is 2.36. The summed E-state index contributed by atoms with van der Waals surface area (Å²) in [5.74, 6) is -0.834. The Morgan fingerprint density at radius 2 is 1.87 bits per heavy atom. The van der Waals surface area contributed by atoms with E-state index < -0.39 is 36.8 Å². The lowest BCUT2D eigenvalue weighted by molar-refractivity contribution is 0.0674. The lowest BCUT2D eigenvalue weighted by Gasteiger charge is -2.28. The van der Waals surface area contributed by atoms with Crippen molar-refractivity contribution in [1.82, 2.24) is 14.9 Å². The Morgan fingerprint density at radius 1 is 1.23 bits per heavy atom. The number of halogens is 1. The van der Waals surface area contributed by atoms with Gasteiger partial charge in [-0.1, -0.05) is 23.7 Å². The van der Waals surface area contributed by atoms with Gasteiger partial charge in [0.05, 0.1) is 22.7 Å². The molecular formula is C19H23ClN4O5S2. The first-order valence-corrected chi connectivity index (χ1v) is 13.5. The quantitative estimate of drug-likeness (QED) is 0.563. The summed E-state index contributed by atoms with van der Waals surface area (Å²) in [5, 5.41) is -0.624. The number of carbonyl (C=O) groups is 1. The second kappa shape index (κ2) is 8.71. The molecule has 0 spiro atoms. The molecule has 2 aromatic rings. The van der Waals surface area contributed by atoms with E-state index >= 15 is 0 Å². The van der Waals surface area contributed by atoms with Crippen LogP contribution in [0.25, 0.3) is 0 Å². The second-order valence-electron chi connectivity index (χ2n) is 7.67. The maximum Gasteiger partial charge on any atom is 0.274 e. The van der Waals surface area contributed by atoms with Crippen LogP contribution in [0.2, 0.25) is 5.02 Å². The minimum absolute atomic E-state index is 0.0207. The van der Waals surface area contributed by atoms with E-state index in [-0.39, 0.29) is 35.2 Å². The summed E-state index contributed by atoms with van der Waals surface area (Å²) < 4.78 is 47.8. The van der Waals surface area contributed by atoms with E-state index in [1.54, 1.807) is 0 Å². The molecule has 31 heavy (non-hydrogen) atoms. The monoisotopic (exact) mass is 486 g/mol. The Hall–Kier alpha value is -2.24. The number of carbonyl (C=O) groups excluding carboxylic acids is 1. The highest BCUT2D eigenvalue weighted by Crippen LogP contribution is 2.25. The maximum atomic E-state index is 13.4. The number of nitrogens with zero attached hydrogens (tertiary/aromatic N) is 4. The molecule has 0 unspecified atom stereocenters. The molecular weight excluding hydrogens is 464 g/mol. The molecule has 168 valence electrons. The predicted molar refractivity (Wildman–Crippen MR) is 118 cm³/mol. The highest BCUT2D eigenvalue weighted by atomic mass is 35.5. The Balaban J connectivity index is 1.99. The van der Waals surface area contributed by atoms with Crippen molar-refractivity contribution in [2.45, 2.75) is 24.2 Å². The summed E-state index contributed by atoms with van der Waals surface area (Å²) in [6, 6.07) is 6.91. The molecule has 3 rings (SSSR count). The number of rotatable bonds is 6. The molecule has 2 heterocycles. The van der Waals surface area contributed by atoms with Crippen molar-refractivity contribution >= 4 is 42.9 Å². The average Bonchev–Trinajstić information content (AvgIpc) is 3.05. The van der Waals surface area contributed by atoms with Gasteiger partial charge in [0.1, 0.15) is 0 Å². The van der Waals surface area contributed by atoms with Gasteiger partial charge in [0, 0.05) is 38.6 Å². The molecule has 1 atom stereocenters. The summed E-state index contributed by atoms with van der Waals surface area (Å²) in [4.78, 5) is 24.3. The van der Waals surface area contributed by atoms with Crippen molar-refractivity contribution in [2.75, 3.05) is 36.8 Å². The summed E-state index contributed by atoms with van der Waals surface area (Å²) >= 11 is 6.12. The summed E-state index contributed by atoms with van der Waals surface area (Å²) in [5.41, 5.74) is 1.49. The van der Waals surface area contributed by atoms with Gasteiger partial charge in [0.25, 0.3) is 5.91 Å². The van der Waals surface area contributed by atoms with Gasteiger partial charge < -0.3 is 9.80 Å². The van der Waals surface area contributed by atoms with Crippen LogP contribution in [-0.4, -0.2) is 75.5 Å². The third-order valence-corrected chi connectivity index (χ3v) is 7.86. The van der Waals surface area contributed by atoms with Gasteiger partial charge in [-0.3, -0.25) is 4.79 Å². The molecule has 0 saturated carbocycles. The van der Waals surface area contributed by atoms with E-state index in [1.165, 1.54) is 4.90 Å². The fraction of sp³-hybridized carbons (Fsp3) is 0.421. The lowest BCUT2D eigenvalue weighted by Crippen LogP contribution is -2.41. The van der Waals surface area contributed by atoms with Crippen LogP contribution in [0.15, 0.2) is 35.6 Å². The molecule has 9 nitrogen and oxygen atoms in total. The summed E-state index contributed by atoms with van der Waals surface area (Å²) in [6.07, 6.45) is 2.28. The average molecular weight is 487 g/mol. The van der Waals surface area contributed by atoms with Gasteiger partial charge in [-0.05, 0) is 24.1 Å². The fourth-order valence-corrected chi connectivity index (χ4v) is 5.70. The Morgan fingerprint density at radius 3 is 2.39 bits per heavy atom. The van der Waals surface area contributed by atoms with Crippen LogP contribution >= 0.6 is 11.6 Å². The summed E-state index contributed by atoms with van der Waals surface area (Å²) in [7, 11) is -3.22. The van der Waals surface area contributed by atoms with E-state index in [1.807, 2.05) is 43.3 Å². The molecule has 1 aromatic carbocycles. The third-order valence-electron chi connectivity index (χ3n) is 4.97. The minimum Gasteiger partial charge on any atom is -0.378 e. The molecule has 1 fully saturated rings. The molecule has 1 saturated heterocycles. The van der Waals surface area contributed by atoms with Crippen LogP contribution in [0.4, 0.5) is 5.69 Å². The van der Waals surface area contributed by atoms with Gasteiger partial charge in [-0.2, -0.15) is 0 Å².